The van der Waals surface area contributed by atoms with E-state index >= 15 is 0 Å². The summed E-state index contributed by atoms with van der Waals surface area (Å²) in [5.74, 6) is 2.45. The van der Waals surface area contributed by atoms with Gasteiger partial charge in [0.25, 0.3) is 0 Å². The van der Waals surface area contributed by atoms with E-state index in [1.54, 1.807) is 14.2 Å². The fourth-order valence-electron chi connectivity index (χ4n) is 3.66. The van der Waals surface area contributed by atoms with Crippen LogP contribution in [-0.2, 0) is 6.42 Å². The summed E-state index contributed by atoms with van der Waals surface area (Å²) in [6.45, 7) is 0. The molecule has 3 aromatic rings. The van der Waals surface area contributed by atoms with E-state index in [9.17, 15) is 0 Å². The van der Waals surface area contributed by atoms with Gasteiger partial charge in [-0.3, -0.25) is 4.99 Å². The molecule has 28 heavy (non-hydrogen) atoms. The van der Waals surface area contributed by atoms with Crippen LogP contribution in [0.5, 0.6) is 11.5 Å². The van der Waals surface area contributed by atoms with E-state index in [1.165, 1.54) is 11.1 Å². The van der Waals surface area contributed by atoms with Gasteiger partial charge in [0.1, 0.15) is 11.9 Å². The summed E-state index contributed by atoms with van der Waals surface area (Å²) < 4.78 is 10.8. The number of ether oxygens (including phenoxy) is 2. The average Bonchev–Trinajstić information content (AvgIpc) is 3.18. The Kier molecular flexibility index (Phi) is 5.29. The number of hydrogen-bond acceptors (Lipinski definition) is 4. The first-order valence-corrected chi connectivity index (χ1v) is 9.42. The minimum atomic E-state index is 0.0544. The van der Waals surface area contributed by atoms with Crippen molar-refractivity contribution in [1.82, 2.24) is 5.32 Å². The summed E-state index contributed by atoms with van der Waals surface area (Å²) in [7, 11) is 3.30. The van der Waals surface area contributed by atoms with Crippen LogP contribution >= 0.6 is 0 Å². The lowest BCUT2D eigenvalue weighted by Crippen LogP contribution is -2.25. The Morgan fingerprint density at radius 1 is 0.786 bits per heavy atom. The minimum absolute atomic E-state index is 0.0544. The monoisotopic (exact) mass is 372 g/mol. The van der Waals surface area contributed by atoms with Crippen LogP contribution in [0.4, 0.5) is 0 Å². The summed E-state index contributed by atoms with van der Waals surface area (Å²) in [6.07, 6.45) is 0.715. The molecule has 0 fully saturated rings. The van der Waals surface area contributed by atoms with Gasteiger partial charge in [0.15, 0.2) is 11.5 Å². The van der Waals surface area contributed by atoms with Crippen LogP contribution in [-0.4, -0.2) is 20.1 Å². The highest BCUT2D eigenvalue weighted by Crippen LogP contribution is 2.36. The minimum Gasteiger partial charge on any atom is -0.493 e. The number of amidine groups is 1. The summed E-state index contributed by atoms with van der Waals surface area (Å²) >= 11 is 0. The zero-order valence-corrected chi connectivity index (χ0v) is 16.1. The van der Waals surface area contributed by atoms with Gasteiger partial charge in [-0.1, -0.05) is 66.7 Å². The van der Waals surface area contributed by atoms with Crippen LogP contribution in [0.15, 0.2) is 83.9 Å². The van der Waals surface area contributed by atoms with Crippen molar-refractivity contribution < 1.29 is 9.47 Å². The summed E-state index contributed by atoms with van der Waals surface area (Å²) in [4.78, 5) is 5.04. The Hall–Kier alpha value is -3.27. The first-order chi connectivity index (χ1) is 13.8. The lowest BCUT2D eigenvalue weighted by molar-refractivity contribution is 0.354. The number of methoxy groups -OCH3 is 2. The number of rotatable bonds is 6. The zero-order chi connectivity index (χ0) is 19.3. The van der Waals surface area contributed by atoms with E-state index in [1.807, 2.05) is 24.3 Å². The van der Waals surface area contributed by atoms with Gasteiger partial charge in [-0.15, -0.1) is 0 Å². The van der Waals surface area contributed by atoms with Crippen molar-refractivity contribution in [3.63, 3.8) is 0 Å². The second-order valence-corrected chi connectivity index (χ2v) is 6.83. The van der Waals surface area contributed by atoms with Gasteiger partial charge >= 0.3 is 0 Å². The van der Waals surface area contributed by atoms with E-state index in [-0.39, 0.29) is 12.1 Å². The molecule has 3 aromatic carbocycles. The number of benzene rings is 3. The first kappa shape index (κ1) is 18.1. The van der Waals surface area contributed by atoms with Gasteiger partial charge in [-0.05, 0) is 28.8 Å². The second-order valence-electron chi connectivity index (χ2n) is 6.83. The molecule has 0 unspecified atom stereocenters. The normalized spacial score (nSPS) is 18.3. The molecule has 0 saturated carbocycles. The predicted molar refractivity (Wildman–Crippen MR) is 112 cm³/mol. The quantitative estimate of drug-likeness (QED) is 0.680. The Balaban J connectivity index is 1.63. The third-order valence-corrected chi connectivity index (χ3v) is 5.05. The highest BCUT2D eigenvalue weighted by molar-refractivity contribution is 5.87. The molecule has 0 bridgehead atoms. The molecule has 0 aliphatic carbocycles. The molecule has 0 saturated heterocycles. The Morgan fingerprint density at radius 2 is 1.43 bits per heavy atom. The van der Waals surface area contributed by atoms with E-state index in [4.69, 9.17) is 14.5 Å². The predicted octanol–water partition coefficient (Wildman–Crippen LogP) is 4.73. The smallest absolute Gasteiger partial charge is 0.161 e. The summed E-state index contributed by atoms with van der Waals surface area (Å²) in [5.41, 5.74) is 3.58. The van der Waals surface area contributed by atoms with Gasteiger partial charge in [-0.2, -0.15) is 0 Å². The highest BCUT2D eigenvalue weighted by atomic mass is 16.5. The topological polar surface area (TPSA) is 42.8 Å². The van der Waals surface area contributed by atoms with Crippen molar-refractivity contribution in [2.24, 2.45) is 4.99 Å². The van der Waals surface area contributed by atoms with Crippen molar-refractivity contribution in [1.29, 1.82) is 0 Å². The Morgan fingerprint density at radius 3 is 2.07 bits per heavy atom. The van der Waals surface area contributed by atoms with Crippen molar-refractivity contribution in [2.45, 2.75) is 18.5 Å². The lowest BCUT2D eigenvalue weighted by Gasteiger charge is -2.19. The molecule has 0 aromatic heterocycles. The van der Waals surface area contributed by atoms with Crippen LogP contribution in [0, 0.1) is 0 Å². The third kappa shape index (κ3) is 3.72. The average molecular weight is 372 g/mol. The third-order valence-electron chi connectivity index (χ3n) is 5.05. The molecule has 4 nitrogen and oxygen atoms in total. The molecule has 0 amide bonds. The molecule has 0 radical (unpaired) electrons. The molecule has 0 spiro atoms. The molecular weight excluding hydrogens is 348 g/mol. The summed E-state index contributed by atoms with van der Waals surface area (Å²) in [5, 5.41) is 3.65. The van der Waals surface area contributed by atoms with E-state index < -0.39 is 0 Å². The Labute approximate surface area is 165 Å². The van der Waals surface area contributed by atoms with Crippen molar-refractivity contribution in [2.75, 3.05) is 14.2 Å². The molecule has 142 valence electrons. The zero-order valence-electron chi connectivity index (χ0n) is 16.1. The van der Waals surface area contributed by atoms with Gasteiger partial charge in [-0.25, -0.2) is 0 Å². The molecule has 1 aliphatic rings. The second kappa shape index (κ2) is 8.17. The Bertz CT molecular complexity index is 955. The lowest BCUT2D eigenvalue weighted by atomic mass is 9.95. The van der Waals surface area contributed by atoms with Gasteiger partial charge in [0, 0.05) is 6.42 Å². The number of hydrogen-bond donors (Lipinski definition) is 1. The molecule has 4 heteroatoms. The van der Waals surface area contributed by atoms with Gasteiger partial charge < -0.3 is 14.8 Å². The molecule has 1 aliphatic heterocycles. The molecular formula is C24H24N2O2. The fourth-order valence-corrected chi connectivity index (χ4v) is 3.66. The van der Waals surface area contributed by atoms with E-state index in [0.29, 0.717) is 6.42 Å². The van der Waals surface area contributed by atoms with Crippen molar-refractivity contribution in [3.05, 3.63) is 95.6 Å². The molecule has 4 rings (SSSR count). The fraction of sp³-hybridized carbons (Fsp3) is 0.208. The number of aliphatic imine (C=N–C) groups is 1. The molecule has 1 N–H and O–H groups in total. The maximum absolute atomic E-state index is 5.44. The van der Waals surface area contributed by atoms with Crippen LogP contribution in [0.1, 0.15) is 28.8 Å². The maximum Gasteiger partial charge on any atom is 0.161 e. The van der Waals surface area contributed by atoms with Crippen LogP contribution in [0.3, 0.4) is 0 Å². The molecule has 1 heterocycles. The van der Waals surface area contributed by atoms with Crippen LogP contribution < -0.4 is 14.8 Å². The molecule has 2 atom stereocenters. The van der Waals surface area contributed by atoms with Crippen molar-refractivity contribution in [3.8, 4) is 11.5 Å². The van der Waals surface area contributed by atoms with Crippen LogP contribution in [0.2, 0.25) is 0 Å². The van der Waals surface area contributed by atoms with Gasteiger partial charge in [0.05, 0.1) is 20.3 Å². The van der Waals surface area contributed by atoms with Gasteiger partial charge in [0.2, 0.25) is 0 Å². The van der Waals surface area contributed by atoms with E-state index in [2.05, 4.69) is 59.9 Å². The largest absolute Gasteiger partial charge is 0.493 e. The maximum atomic E-state index is 5.44. The van der Waals surface area contributed by atoms with E-state index in [0.717, 1.165) is 22.9 Å². The SMILES string of the molecule is COc1ccc(CC2=N[C@H](c3ccccc3)[C@@H](c3ccccc3)N2)cc1OC. The summed E-state index contributed by atoms with van der Waals surface area (Å²) in [6, 6.07) is 27.1. The standard InChI is InChI=1S/C24H24N2O2/c1-27-20-14-13-17(15-21(20)28-2)16-22-25-23(18-9-5-3-6-10-18)24(26-22)19-11-7-4-8-12-19/h3-15,23-24H,16H2,1-2H3,(H,25,26)/t23-,24-/m1/s1. The van der Waals surface area contributed by atoms with Crippen LogP contribution in [0.25, 0.3) is 0 Å². The number of nitrogens with one attached hydrogen (secondary N) is 1. The highest BCUT2D eigenvalue weighted by Gasteiger charge is 2.31. The van der Waals surface area contributed by atoms with Crippen molar-refractivity contribution >= 4 is 5.84 Å². The first-order valence-electron chi connectivity index (χ1n) is 9.42. The number of nitrogens with zero attached hydrogens (tertiary/aromatic N) is 1.